The number of aryl methyl sites for hydroxylation is 1. The number of furan rings is 1. The molecule has 2 heterocycles. The largest absolute Gasteiger partial charge is 0.467 e. The Morgan fingerprint density at radius 1 is 1.09 bits per heavy atom. The summed E-state index contributed by atoms with van der Waals surface area (Å²) >= 11 is 1.31. The van der Waals surface area contributed by atoms with Gasteiger partial charge >= 0.3 is 0 Å². The fourth-order valence-corrected chi connectivity index (χ4v) is 4.98. The van der Waals surface area contributed by atoms with E-state index in [2.05, 4.69) is 10.6 Å². The molecule has 3 aromatic rings. The fraction of sp³-hybridized carbons (Fsp3) is 0.346. The van der Waals surface area contributed by atoms with Gasteiger partial charge in [-0.15, -0.1) is 11.3 Å². The van der Waals surface area contributed by atoms with Crippen molar-refractivity contribution < 1.29 is 18.8 Å². The van der Waals surface area contributed by atoms with Gasteiger partial charge in [0, 0.05) is 6.04 Å². The minimum absolute atomic E-state index is 0.109. The first-order valence-electron chi connectivity index (χ1n) is 11.5. The van der Waals surface area contributed by atoms with Crippen LogP contribution >= 0.6 is 11.3 Å². The quantitative estimate of drug-likeness (QED) is 0.481. The Balaban J connectivity index is 1.62. The molecule has 3 amide bonds. The van der Waals surface area contributed by atoms with Crippen LogP contribution in [0.25, 0.3) is 0 Å². The Kier molecular flexibility index (Phi) is 7.80. The second kappa shape index (κ2) is 11.2. The van der Waals surface area contributed by atoms with Crippen molar-refractivity contribution in [2.75, 3.05) is 6.54 Å². The molecule has 8 heteroatoms. The summed E-state index contributed by atoms with van der Waals surface area (Å²) in [5.41, 5.74) is 1.66. The van der Waals surface area contributed by atoms with Crippen LogP contribution in [0.15, 0.2) is 64.6 Å². The Morgan fingerprint density at radius 2 is 1.88 bits per heavy atom. The van der Waals surface area contributed by atoms with Crippen molar-refractivity contribution in [3.63, 3.8) is 0 Å². The molecule has 0 bridgehead atoms. The Bertz CT molecular complexity index is 1110. The maximum Gasteiger partial charge on any atom is 0.261 e. The molecule has 2 aromatic heterocycles. The highest BCUT2D eigenvalue weighted by Crippen LogP contribution is 2.28. The monoisotopic (exact) mass is 479 g/mol. The van der Waals surface area contributed by atoms with E-state index in [1.54, 1.807) is 24.3 Å². The summed E-state index contributed by atoms with van der Waals surface area (Å²) in [4.78, 5) is 41.6. The lowest BCUT2D eigenvalue weighted by atomic mass is 9.98. The highest BCUT2D eigenvalue weighted by molar-refractivity contribution is 7.12. The maximum atomic E-state index is 13.6. The summed E-state index contributed by atoms with van der Waals surface area (Å²) in [5.74, 6) is -0.337. The summed E-state index contributed by atoms with van der Waals surface area (Å²) < 4.78 is 5.52. The predicted molar refractivity (Wildman–Crippen MR) is 130 cm³/mol. The highest BCUT2D eigenvalue weighted by Gasteiger charge is 2.34. The van der Waals surface area contributed by atoms with Gasteiger partial charge < -0.3 is 20.0 Å². The Labute approximate surface area is 203 Å². The van der Waals surface area contributed by atoms with Crippen molar-refractivity contribution in [3.8, 4) is 0 Å². The molecule has 1 aliphatic rings. The molecule has 4 rings (SSSR count). The van der Waals surface area contributed by atoms with E-state index in [0.717, 1.165) is 36.8 Å². The molecule has 0 saturated heterocycles. The predicted octanol–water partition coefficient (Wildman–Crippen LogP) is 4.21. The molecular weight excluding hydrogens is 450 g/mol. The third-order valence-corrected chi connectivity index (χ3v) is 6.99. The van der Waals surface area contributed by atoms with Crippen molar-refractivity contribution in [3.05, 3.63) is 81.9 Å². The number of hydrogen-bond acceptors (Lipinski definition) is 5. The Morgan fingerprint density at radius 3 is 2.56 bits per heavy atom. The minimum Gasteiger partial charge on any atom is -0.467 e. The molecule has 2 N–H and O–H groups in total. The highest BCUT2D eigenvalue weighted by atomic mass is 32.1. The summed E-state index contributed by atoms with van der Waals surface area (Å²) in [6.07, 6.45) is 5.59. The summed E-state index contributed by atoms with van der Waals surface area (Å²) in [6, 6.07) is 13.8. The molecule has 1 unspecified atom stereocenters. The molecule has 34 heavy (non-hydrogen) atoms. The topological polar surface area (TPSA) is 91.7 Å². The van der Waals surface area contributed by atoms with E-state index in [0.29, 0.717) is 10.6 Å². The lowest BCUT2D eigenvalue weighted by Crippen LogP contribution is -2.48. The summed E-state index contributed by atoms with van der Waals surface area (Å²) in [7, 11) is 0. The molecule has 1 aromatic carbocycles. The van der Waals surface area contributed by atoms with Gasteiger partial charge in [0.05, 0.1) is 24.2 Å². The molecule has 7 nitrogen and oxygen atoms in total. The van der Waals surface area contributed by atoms with Crippen LogP contribution in [0, 0.1) is 6.92 Å². The first-order chi connectivity index (χ1) is 16.5. The van der Waals surface area contributed by atoms with Crippen LogP contribution in [0.5, 0.6) is 0 Å². The van der Waals surface area contributed by atoms with E-state index in [1.807, 2.05) is 36.6 Å². The molecule has 0 aliphatic heterocycles. The third-order valence-electron chi connectivity index (χ3n) is 6.12. The van der Waals surface area contributed by atoms with E-state index in [-0.39, 0.29) is 36.9 Å². The molecule has 178 valence electrons. The molecule has 1 atom stereocenters. The van der Waals surface area contributed by atoms with Gasteiger partial charge in [-0.2, -0.15) is 0 Å². The SMILES string of the molecule is Cc1ccccc1C(C(=O)NC1CCCC1)N(Cc1ccco1)C(=O)CNC(=O)c1cccs1. The first-order valence-corrected chi connectivity index (χ1v) is 12.4. The second-order valence-corrected chi connectivity index (χ2v) is 9.46. The molecular formula is C26H29N3O4S. The Hall–Kier alpha value is -3.39. The van der Waals surface area contributed by atoms with E-state index in [1.165, 1.54) is 22.5 Å². The van der Waals surface area contributed by atoms with Gasteiger partial charge in [-0.05, 0) is 54.5 Å². The minimum atomic E-state index is -0.849. The molecule has 1 aliphatic carbocycles. The fourth-order valence-electron chi connectivity index (χ4n) is 4.34. The number of rotatable bonds is 9. The van der Waals surface area contributed by atoms with Crippen LogP contribution in [0.3, 0.4) is 0 Å². The van der Waals surface area contributed by atoms with E-state index in [4.69, 9.17) is 4.42 Å². The van der Waals surface area contributed by atoms with Gasteiger partial charge in [-0.25, -0.2) is 0 Å². The zero-order valence-corrected chi connectivity index (χ0v) is 20.0. The number of nitrogens with one attached hydrogen (secondary N) is 2. The first kappa shape index (κ1) is 23.8. The van der Waals surface area contributed by atoms with Gasteiger partial charge in [-0.3, -0.25) is 14.4 Å². The molecule has 0 radical (unpaired) electrons. The van der Waals surface area contributed by atoms with Crippen LogP contribution in [-0.4, -0.2) is 35.2 Å². The smallest absolute Gasteiger partial charge is 0.261 e. The standard InChI is InChI=1S/C26H29N3O4S/c1-18-8-2-5-12-21(18)24(26(32)28-19-9-3-4-10-19)29(17-20-11-6-14-33-20)23(30)16-27-25(31)22-13-7-15-34-22/h2,5-8,11-15,19,24H,3-4,9-10,16-17H2,1H3,(H,27,31)(H,28,32). The van der Waals surface area contributed by atoms with E-state index in [9.17, 15) is 14.4 Å². The normalized spacial score (nSPS) is 14.5. The van der Waals surface area contributed by atoms with Gasteiger partial charge in [0.1, 0.15) is 11.8 Å². The van der Waals surface area contributed by atoms with E-state index < -0.39 is 6.04 Å². The average molecular weight is 480 g/mol. The van der Waals surface area contributed by atoms with Gasteiger partial charge in [0.2, 0.25) is 11.8 Å². The molecule has 0 spiro atoms. The number of thiophene rings is 1. The van der Waals surface area contributed by atoms with Crippen LogP contribution in [-0.2, 0) is 16.1 Å². The van der Waals surface area contributed by atoms with Crippen LogP contribution in [0.2, 0.25) is 0 Å². The van der Waals surface area contributed by atoms with Crippen LogP contribution in [0.1, 0.15) is 58.3 Å². The lowest BCUT2D eigenvalue weighted by molar-refractivity contribution is -0.141. The number of hydrogen-bond donors (Lipinski definition) is 2. The number of amides is 3. The lowest BCUT2D eigenvalue weighted by Gasteiger charge is -2.32. The van der Waals surface area contributed by atoms with Crippen LogP contribution < -0.4 is 10.6 Å². The zero-order chi connectivity index (χ0) is 23.9. The van der Waals surface area contributed by atoms with Crippen molar-refractivity contribution >= 4 is 29.1 Å². The number of nitrogens with zero attached hydrogens (tertiary/aromatic N) is 1. The van der Waals surface area contributed by atoms with Crippen molar-refractivity contribution in [1.29, 1.82) is 0 Å². The van der Waals surface area contributed by atoms with Gasteiger partial charge in [0.15, 0.2) is 0 Å². The van der Waals surface area contributed by atoms with E-state index >= 15 is 0 Å². The average Bonchev–Trinajstić information content (AvgIpc) is 3.62. The number of carbonyl (C=O) groups is 3. The van der Waals surface area contributed by atoms with Crippen LogP contribution in [0.4, 0.5) is 0 Å². The van der Waals surface area contributed by atoms with Crippen molar-refractivity contribution in [1.82, 2.24) is 15.5 Å². The second-order valence-electron chi connectivity index (χ2n) is 8.51. The maximum absolute atomic E-state index is 13.6. The summed E-state index contributed by atoms with van der Waals surface area (Å²) in [6.45, 7) is 1.81. The van der Waals surface area contributed by atoms with Gasteiger partial charge in [0.25, 0.3) is 5.91 Å². The third kappa shape index (κ3) is 5.75. The molecule has 1 fully saturated rings. The zero-order valence-electron chi connectivity index (χ0n) is 19.2. The van der Waals surface area contributed by atoms with Crippen molar-refractivity contribution in [2.24, 2.45) is 0 Å². The number of benzene rings is 1. The number of carbonyl (C=O) groups excluding carboxylic acids is 3. The van der Waals surface area contributed by atoms with Crippen molar-refractivity contribution in [2.45, 2.75) is 51.2 Å². The molecule has 1 saturated carbocycles. The van der Waals surface area contributed by atoms with Gasteiger partial charge in [-0.1, -0.05) is 43.2 Å². The summed E-state index contributed by atoms with van der Waals surface area (Å²) in [5, 5.41) is 7.66.